The molecule has 0 fully saturated rings. The van der Waals surface area contributed by atoms with Crippen LogP contribution in [0.5, 0.6) is 0 Å². The van der Waals surface area contributed by atoms with Gasteiger partial charge in [-0.2, -0.15) is 0 Å². The van der Waals surface area contributed by atoms with Crippen LogP contribution in [0, 0.1) is 0 Å². The van der Waals surface area contributed by atoms with Gasteiger partial charge in [-0.1, -0.05) is 26.7 Å². The molecule has 0 amide bonds. The first-order valence-electron chi connectivity index (χ1n) is 10.7. The molecule has 0 bridgehead atoms. The Balaban J connectivity index is 6.05. The number of rotatable bonds is 18. The topological polar surface area (TPSA) is 112 Å². The average Bonchev–Trinajstić information content (AvgIpc) is 2.63. The van der Waals surface area contributed by atoms with Crippen molar-refractivity contribution < 1.29 is 38.7 Å². The first-order chi connectivity index (χ1) is 13.5. The van der Waals surface area contributed by atoms with Gasteiger partial charge in [0.1, 0.15) is 0 Å². The minimum atomic E-state index is -2.21. The average molecular weight is 421 g/mol. The van der Waals surface area contributed by atoms with Crippen LogP contribution < -0.4 is 0 Å². The molecule has 0 spiro atoms. The molecule has 0 rings (SSSR count). The zero-order valence-corrected chi connectivity index (χ0v) is 18.9. The van der Waals surface area contributed by atoms with Crippen LogP contribution in [0.3, 0.4) is 0 Å². The van der Waals surface area contributed by atoms with E-state index in [0.717, 1.165) is 25.7 Å². The fourth-order valence-electron chi connectivity index (χ4n) is 3.20. The first-order valence-corrected chi connectivity index (χ1v) is 10.7. The molecule has 172 valence electrons. The lowest BCUT2D eigenvalue weighted by Gasteiger charge is -2.43. The van der Waals surface area contributed by atoms with Crippen molar-refractivity contribution in [2.75, 3.05) is 13.2 Å². The molecular formula is C21H40O8. The Morgan fingerprint density at radius 3 is 1.45 bits per heavy atom. The molecule has 2 unspecified atom stereocenters. The van der Waals surface area contributed by atoms with Gasteiger partial charge in [0.25, 0.3) is 5.79 Å². The van der Waals surface area contributed by atoms with Crippen LogP contribution in [0.15, 0.2) is 0 Å². The Hall–Kier alpha value is -1.22. The van der Waals surface area contributed by atoms with E-state index in [9.17, 15) is 19.8 Å². The summed E-state index contributed by atoms with van der Waals surface area (Å²) in [5.41, 5.74) is 0. The SMILES string of the molecule is CCCCC(C)(OCC)OC(CCC(=O)O)(OC(C)(CCCC)OCC)C(=O)O. The van der Waals surface area contributed by atoms with Crippen molar-refractivity contribution in [3.8, 4) is 0 Å². The highest BCUT2D eigenvalue weighted by atomic mass is 16.8. The molecule has 0 aliphatic carbocycles. The number of carbonyl (C=O) groups is 2. The van der Waals surface area contributed by atoms with Gasteiger partial charge in [0.15, 0.2) is 11.6 Å². The molecule has 0 aliphatic heterocycles. The maximum atomic E-state index is 12.4. The number of aliphatic carboxylic acids is 2. The Kier molecular flexibility index (Phi) is 12.6. The maximum absolute atomic E-state index is 12.4. The van der Waals surface area contributed by atoms with Crippen molar-refractivity contribution in [2.45, 2.75) is 110 Å². The summed E-state index contributed by atoms with van der Waals surface area (Å²) in [6, 6.07) is 0. The quantitative estimate of drug-likeness (QED) is 0.311. The Labute approximate surface area is 174 Å². The smallest absolute Gasteiger partial charge is 0.364 e. The van der Waals surface area contributed by atoms with E-state index in [1.54, 1.807) is 27.7 Å². The predicted molar refractivity (Wildman–Crippen MR) is 109 cm³/mol. The van der Waals surface area contributed by atoms with Gasteiger partial charge in [0, 0.05) is 32.5 Å². The van der Waals surface area contributed by atoms with Crippen molar-refractivity contribution in [2.24, 2.45) is 0 Å². The summed E-state index contributed by atoms with van der Waals surface area (Å²) in [5.74, 6) is -7.22. The van der Waals surface area contributed by atoms with Crippen molar-refractivity contribution >= 4 is 11.9 Å². The molecule has 8 nitrogen and oxygen atoms in total. The number of hydrogen-bond donors (Lipinski definition) is 2. The van der Waals surface area contributed by atoms with Gasteiger partial charge in [-0.15, -0.1) is 0 Å². The van der Waals surface area contributed by atoms with Gasteiger partial charge in [0.05, 0.1) is 6.42 Å². The van der Waals surface area contributed by atoms with E-state index >= 15 is 0 Å². The molecule has 0 radical (unpaired) electrons. The van der Waals surface area contributed by atoms with Crippen LogP contribution in [-0.2, 0) is 28.5 Å². The standard InChI is InChI=1S/C21H40O8/c1-7-11-14-19(5,26-9-3)28-21(18(24)25,16-13-17(22)23)29-20(6,27-10-4)15-12-8-2/h7-16H2,1-6H3,(H,22,23)(H,24,25). The highest BCUT2D eigenvalue weighted by Crippen LogP contribution is 2.37. The van der Waals surface area contributed by atoms with Crippen molar-refractivity contribution in [3.63, 3.8) is 0 Å². The third kappa shape index (κ3) is 9.89. The fourth-order valence-corrected chi connectivity index (χ4v) is 3.20. The number of hydrogen-bond acceptors (Lipinski definition) is 6. The van der Waals surface area contributed by atoms with Crippen LogP contribution in [0.1, 0.15) is 92.9 Å². The Morgan fingerprint density at radius 2 is 1.17 bits per heavy atom. The van der Waals surface area contributed by atoms with Crippen molar-refractivity contribution in [1.82, 2.24) is 0 Å². The zero-order chi connectivity index (χ0) is 22.6. The molecule has 0 aromatic carbocycles. The normalized spacial score (nSPS) is 17.9. The van der Waals surface area contributed by atoms with E-state index < -0.39 is 35.7 Å². The minimum Gasteiger partial charge on any atom is -0.481 e. The molecule has 0 aromatic heterocycles. The highest BCUT2D eigenvalue weighted by Gasteiger charge is 2.51. The largest absolute Gasteiger partial charge is 0.481 e. The van der Waals surface area contributed by atoms with Crippen LogP contribution in [-0.4, -0.2) is 52.7 Å². The minimum absolute atomic E-state index is 0.313. The van der Waals surface area contributed by atoms with Gasteiger partial charge in [0.2, 0.25) is 0 Å². The van der Waals surface area contributed by atoms with E-state index in [1.807, 2.05) is 13.8 Å². The van der Waals surface area contributed by atoms with Crippen LogP contribution in [0.2, 0.25) is 0 Å². The van der Waals surface area contributed by atoms with Gasteiger partial charge in [-0.25, -0.2) is 4.79 Å². The summed E-state index contributed by atoms with van der Waals surface area (Å²) < 4.78 is 23.5. The monoisotopic (exact) mass is 420 g/mol. The molecule has 0 aromatic rings. The van der Waals surface area contributed by atoms with Crippen LogP contribution >= 0.6 is 0 Å². The van der Waals surface area contributed by atoms with Crippen LogP contribution in [0.4, 0.5) is 0 Å². The molecule has 2 N–H and O–H groups in total. The van der Waals surface area contributed by atoms with Gasteiger partial charge in [-0.3, -0.25) is 4.79 Å². The fraction of sp³-hybridized carbons (Fsp3) is 0.905. The van der Waals surface area contributed by atoms with Gasteiger partial charge >= 0.3 is 11.9 Å². The zero-order valence-electron chi connectivity index (χ0n) is 18.9. The van der Waals surface area contributed by atoms with Crippen LogP contribution in [0.25, 0.3) is 0 Å². The number of unbranched alkanes of at least 4 members (excludes halogenated alkanes) is 2. The highest BCUT2D eigenvalue weighted by molar-refractivity contribution is 5.77. The van der Waals surface area contributed by atoms with E-state index in [4.69, 9.17) is 18.9 Å². The summed E-state index contributed by atoms with van der Waals surface area (Å²) in [6.07, 6.45) is 3.34. The van der Waals surface area contributed by atoms with E-state index in [2.05, 4.69) is 0 Å². The van der Waals surface area contributed by atoms with E-state index in [1.165, 1.54) is 0 Å². The molecule has 0 saturated heterocycles. The summed E-state index contributed by atoms with van der Waals surface area (Å²) in [6.45, 7) is 11.6. The molecule has 0 aliphatic rings. The molecular weight excluding hydrogens is 380 g/mol. The van der Waals surface area contributed by atoms with Crippen molar-refractivity contribution in [1.29, 1.82) is 0 Å². The van der Waals surface area contributed by atoms with Gasteiger partial charge in [-0.05, 0) is 40.5 Å². The predicted octanol–water partition coefficient (Wildman–Crippen LogP) is 4.55. The number of ether oxygens (including phenoxy) is 4. The van der Waals surface area contributed by atoms with E-state index in [0.29, 0.717) is 26.1 Å². The second kappa shape index (κ2) is 13.2. The Bertz CT molecular complexity index is 469. The molecule has 8 heteroatoms. The summed E-state index contributed by atoms with van der Waals surface area (Å²) >= 11 is 0. The molecule has 0 saturated carbocycles. The second-order valence-electron chi connectivity index (χ2n) is 7.50. The second-order valence-corrected chi connectivity index (χ2v) is 7.50. The number of carboxylic acids is 2. The lowest BCUT2D eigenvalue weighted by Crippen LogP contribution is -2.56. The van der Waals surface area contributed by atoms with E-state index in [-0.39, 0.29) is 6.42 Å². The lowest BCUT2D eigenvalue weighted by molar-refractivity contribution is -0.399. The molecule has 0 heterocycles. The van der Waals surface area contributed by atoms with Gasteiger partial charge < -0.3 is 29.2 Å². The maximum Gasteiger partial charge on any atom is 0.364 e. The third-order valence-corrected chi connectivity index (χ3v) is 4.62. The molecule has 29 heavy (non-hydrogen) atoms. The lowest BCUT2D eigenvalue weighted by atomic mass is 10.1. The third-order valence-electron chi connectivity index (χ3n) is 4.62. The Morgan fingerprint density at radius 1 is 0.759 bits per heavy atom. The first kappa shape index (κ1) is 27.8. The summed E-state index contributed by atoms with van der Waals surface area (Å²) in [4.78, 5) is 23.6. The summed E-state index contributed by atoms with van der Waals surface area (Å²) in [7, 11) is 0. The molecule has 2 atom stereocenters. The summed E-state index contributed by atoms with van der Waals surface area (Å²) in [5, 5.41) is 19.3. The number of carboxylic acid groups (broad SMARTS) is 2. The van der Waals surface area contributed by atoms with Crippen molar-refractivity contribution in [3.05, 3.63) is 0 Å².